The zero-order valence-corrected chi connectivity index (χ0v) is 12.4. The van der Waals surface area contributed by atoms with Crippen LogP contribution in [-0.4, -0.2) is 30.0 Å². The molecule has 0 aromatic heterocycles. The van der Waals surface area contributed by atoms with E-state index in [9.17, 15) is 13.9 Å². The van der Waals surface area contributed by atoms with E-state index in [2.05, 4.69) is 5.32 Å². The summed E-state index contributed by atoms with van der Waals surface area (Å²) in [4.78, 5) is 0. The second kappa shape index (κ2) is 7.11. The predicted octanol–water partition coefficient (Wildman–Crippen LogP) is 2.79. The van der Waals surface area contributed by atoms with Gasteiger partial charge in [-0.05, 0) is 33.8 Å². The van der Waals surface area contributed by atoms with E-state index < -0.39 is 23.8 Å². The van der Waals surface area contributed by atoms with Crippen LogP contribution in [0.4, 0.5) is 8.78 Å². The average Bonchev–Trinajstić information content (AvgIpc) is 2.36. The van der Waals surface area contributed by atoms with Gasteiger partial charge >= 0.3 is 0 Å². The Hall–Kier alpha value is -1.04. The Bertz CT molecular complexity index is 432. The third-order valence-corrected chi connectivity index (χ3v) is 2.82. The molecule has 0 bridgehead atoms. The molecule has 0 amide bonds. The molecule has 5 heteroatoms. The first-order valence-corrected chi connectivity index (χ1v) is 6.70. The summed E-state index contributed by atoms with van der Waals surface area (Å²) in [7, 11) is 0. The standard InChI is InChI=1S/C15H23F2NO2/c1-10(12-6-5-7-13(16)14(12)17)18-8-11(19)9-20-15(2,3)4/h5-7,10-11,18-19H,8-9H2,1-4H3. The van der Waals surface area contributed by atoms with E-state index in [1.807, 2.05) is 20.8 Å². The van der Waals surface area contributed by atoms with Gasteiger partial charge in [0, 0.05) is 18.2 Å². The van der Waals surface area contributed by atoms with Crippen molar-refractivity contribution in [3.63, 3.8) is 0 Å². The Labute approximate surface area is 119 Å². The molecule has 3 nitrogen and oxygen atoms in total. The number of halogens is 2. The van der Waals surface area contributed by atoms with Gasteiger partial charge in [-0.15, -0.1) is 0 Å². The maximum absolute atomic E-state index is 13.6. The third-order valence-electron chi connectivity index (χ3n) is 2.82. The van der Waals surface area contributed by atoms with Crippen LogP contribution in [0.2, 0.25) is 0 Å². The number of aliphatic hydroxyl groups excluding tert-OH is 1. The number of benzene rings is 1. The smallest absolute Gasteiger partial charge is 0.163 e. The van der Waals surface area contributed by atoms with Gasteiger partial charge in [0.05, 0.1) is 18.3 Å². The van der Waals surface area contributed by atoms with E-state index in [4.69, 9.17) is 4.74 Å². The molecule has 0 saturated heterocycles. The van der Waals surface area contributed by atoms with Gasteiger partial charge in [0.1, 0.15) is 0 Å². The van der Waals surface area contributed by atoms with E-state index in [0.29, 0.717) is 0 Å². The van der Waals surface area contributed by atoms with Crippen molar-refractivity contribution in [3.05, 3.63) is 35.4 Å². The van der Waals surface area contributed by atoms with Crippen molar-refractivity contribution in [2.45, 2.75) is 45.4 Å². The average molecular weight is 287 g/mol. The molecule has 2 atom stereocenters. The highest BCUT2D eigenvalue weighted by molar-refractivity contribution is 5.21. The van der Waals surface area contributed by atoms with Gasteiger partial charge in [0.15, 0.2) is 11.6 Å². The Morgan fingerprint density at radius 3 is 2.55 bits per heavy atom. The first-order valence-electron chi connectivity index (χ1n) is 6.70. The number of nitrogens with one attached hydrogen (secondary N) is 1. The molecule has 0 aliphatic heterocycles. The minimum atomic E-state index is -0.868. The number of rotatable bonds is 6. The molecule has 1 aromatic carbocycles. The van der Waals surface area contributed by atoms with Gasteiger partial charge in [0.25, 0.3) is 0 Å². The van der Waals surface area contributed by atoms with E-state index in [1.165, 1.54) is 12.1 Å². The van der Waals surface area contributed by atoms with Crippen LogP contribution >= 0.6 is 0 Å². The van der Waals surface area contributed by atoms with Crippen LogP contribution in [0.5, 0.6) is 0 Å². The largest absolute Gasteiger partial charge is 0.389 e. The number of aliphatic hydroxyl groups is 1. The van der Waals surface area contributed by atoms with Gasteiger partial charge in [-0.25, -0.2) is 8.78 Å². The highest BCUT2D eigenvalue weighted by Gasteiger charge is 2.17. The fourth-order valence-electron chi connectivity index (χ4n) is 1.68. The summed E-state index contributed by atoms with van der Waals surface area (Å²) >= 11 is 0. The lowest BCUT2D eigenvalue weighted by Crippen LogP contribution is -2.35. The zero-order chi connectivity index (χ0) is 15.3. The monoisotopic (exact) mass is 287 g/mol. The van der Waals surface area contributed by atoms with Gasteiger partial charge < -0.3 is 15.2 Å². The molecule has 1 rings (SSSR count). The lowest BCUT2D eigenvalue weighted by Gasteiger charge is -2.23. The van der Waals surface area contributed by atoms with Crippen LogP contribution in [-0.2, 0) is 4.74 Å². The van der Waals surface area contributed by atoms with Gasteiger partial charge in [-0.3, -0.25) is 0 Å². The van der Waals surface area contributed by atoms with E-state index in [0.717, 1.165) is 6.07 Å². The van der Waals surface area contributed by atoms with Crippen molar-refractivity contribution in [1.82, 2.24) is 5.32 Å². The van der Waals surface area contributed by atoms with Crippen LogP contribution in [0.3, 0.4) is 0 Å². The number of hydrogen-bond acceptors (Lipinski definition) is 3. The topological polar surface area (TPSA) is 41.5 Å². The second-order valence-electron chi connectivity index (χ2n) is 5.85. The summed E-state index contributed by atoms with van der Waals surface area (Å²) in [6, 6.07) is 3.67. The molecule has 0 saturated carbocycles. The van der Waals surface area contributed by atoms with Crippen LogP contribution < -0.4 is 5.32 Å². The molecular formula is C15H23F2NO2. The summed E-state index contributed by atoms with van der Waals surface area (Å²) < 4.78 is 32.1. The third kappa shape index (κ3) is 5.53. The van der Waals surface area contributed by atoms with E-state index >= 15 is 0 Å². The Kier molecular flexibility index (Phi) is 6.05. The normalized spacial score (nSPS) is 15.2. The fraction of sp³-hybridized carbons (Fsp3) is 0.600. The Morgan fingerprint density at radius 2 is 1.95 bits per heavy atom. The van der Waals surface area contributed by atoms with Crippen molar-refractivity contribution < 1.29 is 18.6 Å². The zero-order valence-electron chi connectivity index (χ0n) is 12.4. The highest BCUT2D eigenvalue weighted by Crippen LogP contribution is 2.18. The van der Waals surface area contributed by atoms with Crippen molar-refractivity contribution >= 4 is 0 Å². The molecule has 2 unspecified atom stereocenters. The molecule has 0 spiro atoms. The molecule has 0 heterocycles. The number of hydrogen-bond donors (Lipinski definition) is 2. The molecule has 1 aromatic rings. The van der Waals surface area contributed by atoms with E-state index in [-0.39, 0.29) is 24.3 Å². The molecule has 20 heavy (non-hydrogen) atoms. The van der Waals surface area contributed by atoms with Crippen LogP contribution in [0.1, 0.15) is 39.3 Å². The first kappa shape index (κ1) is 17.0. The quantitative estimate of drug-likeness (QED) is 0.845. The molecule has 0 fully saturated rings. The first-order chi connectivity index (χ1) is 9.20. The minimum Gasteiger partial charge on any atom is -0.389 e. The lowest BCUT2D eigenvalue weighted by atomic mass is 10.1. The summed E-state index contributed by atoms with van der Waals surface area (Å²) in [6.07, 6.45) is -0.701. The van der Waals surface area contributed by atoms with Gasteiger partial charge in [-0.1, -0.05) is 12.1 Å². The summed E-state index contributed by atoms with van der Waals surface area (Å²) in [5, 5.41) is 12.7. The Morgan fingerprint density at radius 1 is 1.30 bits per heavy atom. The molecule has 114 valence electrons. The van der Waals surface area contributed by atoms with Crippen LogP contribution in [0.15, 0.2) is 18.2 Å². The summed E-state index contributed by atoms with van der Waals surface area (Å²) in [5.74, 6) is -1.72. The van der Waals surface area contributed by atoms with Gasteiger partial charge in [0.2, 0.25) is 0 Å². The van der Waals surface area contributed by atoms with Crippen molar-refractivity contribution in [2.75, 3.05) is 13.2 Å². The minimum absolute atomic E-state index is 0.189. The van der Waals surface area contributed by atoms with Crippen molar-refractivity contribution in [3.8, 4) is 0 Å². The van der Waals surface area contributed by atoms with Crippen LogP contribution in [0, 0.1) is 11.6 Å². The summed E-state index contributed by atoms with van der Waals surface area (Å²) in [6.45, 7) is 7.85. The highest BCUT2D eigenvalue weighted by atomic mass is 19.2. The fourth-order valence-corrected chi connectivity index (χ4v) is 1.68. The second-order valence-corrected chi connectivity index (χ2v) is 5.85. The van der Waals surface area contributed by atoms with E-state index in [1.54, 1.807) is 6.92 Å². The molecule has 0 aliphatic carbocycles. The predicted molar refractivity (Wildman–Crippen MR) is 74.5 cm³/mol. The maximum atomic E-state index is 13.6. The number of ether oxygens (including phenoxy) is 1. The maximum Gasteiger partial charge on any atom is 0.163 e. The molecular weight excluding hydrogens is 264 g/mol. The Balaban J connectivity index is 2.47. The van der Waals surface area contributed by atoms with Crippen molar-refractivity contribution in [1.29, 1.82) is 0 Å². The lowest BCUT2D eigenvalue weighted by molar-refractivity contribution is -0.0483. The molecule has 0 aliphatic rings. The molecule has 0 radical (unpaired) electrons. The van der Waals surface area contributed by atoms with Crippen molar-refractivity contribution in [2.24, 2.45) is 0 Å². The summed E-state index contributed by atoms with van der Waals surface area (Å²) in [5.41, 5.74) is -0.0738. The van der Waals surface area contributed by atoms with Gasteiger partial charge in [-0.2, -0.15) is 0 Å². The SMILES string of the molecule is CC(NCC(O)COC(C)(C)C)c1cccc(F)c1F. The van der Waals surface area contributed by atoms with Crippen LogP contribution in [0.25, 0.3) is 0 Å². The molecule has 2 N–H and O–H groups in total.